The molecule has 4 rings (SSSR count). The van der Waals surface area contributed by atoms with Crippen LogP contribution >= 0.6 is 15.9 Å². The number of halogens is 1. The SMILES string of the molecule is CN1CCN(c2nc(N(C)S(=O)(=O)c3ccccc3Br)c3ccccc3n2)CC1. The Morgan fingerprint density at radius 1 is 0.966 bits per heavy atom. The van der Waals surface area contributed by atoms with E-state index in [9.17, 15) is 8.42 Å². The normalized spacial score (nSPS) is 15.6. The number of nitrogens with zero attached hydrogens (tertiary/aromatic N) is 5. The summed E-state index contributed by atoms with van der Waals surface area (Å²) in [5.41, 5.74) is 0.723. The molecule has 2 aromatic carbocycles. The van der Waals surface area contributed by atoms with Crippen LogP contribution in [0.15, 0.2) is 57.9 Å². The van der Waals surface area contributed by atoms with Crippen LogP contribution in [0.3, 0.4) is 0 Å². The van der Waals surface area contributed by atoms with E-state index in [4.69, 9.17) is 9.97 Å². The highest BCUT2D eigenvalue weighted by molar-refractivity contribution is 9.10. The van der Waals surface area contributed by atoms with Crippen molar-refractivity contribution in [1.29, 1.82) is 0 Å². The lowest BCUT2D eigenvalue weighted by Crippen LogP contribution is -2.45. The first-order valence-electron chi connectivity index (χ1n) is 9.31. The standard InChI is InChI=1S/C20H22BrN5O2S/c1-24-11-13-26(14-12-24)20-22-17-9-5-3-7-15(17)19(23-20)25(2)29(27,28)18-10-6-4-8-16(18)21/h3-10H,11-14H2,1-2H3. The van der Waals surface area contributed by atoms with Gasteiger partial charge in [-0.25, -0.2) is 13.4 Å². The molecular formula is C20H22BrN5O2S. The maximum absolute atomic E-state index is 13.3. The summed E-state index contributed by atoms with van der Waals surface area (Å²) in [6.45, 7) is 3.43. The zero-order valence-electron chi connectivity index (χ0n) is 16.3. The van der Waals surface area contributed by atoms with E-state index in [-0.39, 0.29) is 4.90 Å². The number of rotatable bonds is 4. The first kappa shape index (κ1) is 20.1. The summed E-state index contributed by atoms with van der Waals surface area (Å²) < 4.78 is 28.5. The number of likely N-dealkylation sites (N-methyl/N-ethyl adjacent to an activating group) is 1. The number of piperazine rings is 1. The van der Waals surface area contributed by atoms with Crippen LogP contribution in [0.2, 0.25) is 0 Å². The van der Waals surface area contributed by atoms with Crippen molar-refractivity contribution in [3.63, 3.8) is 0 Å². The van der Waals surface area contributed by atoms with Crippen molar-refractivity contribution in [1.82, 2.24) is 14.9 Å². The molecule has 0 amide bonds. The summed E-state index contributed by atoms with van der Waals surface area (Å²) in [5.74, 6) is 0.932. The minimum absolute atomic E-state index is 0.200. The Morgan fingerprint density at radius 2 is 1.62 bits per heavy atom. The first-order chi connectivity index (χ1) is 13.9. The molecular weight excluding hydrogens is 454 g/mol. The molecule has 1 fully saturated rings. The molecule has 0 aliphatic carbocycles. The summed E-state index contributed by atoms with van der Waals surface area (Å²) in [6.07, 6.45) is 0. The molecule has 0 N–H and O–H groups in total. The number of hydrogen-bond acceptors (Lipinski definition) is 6. The van der Waals surface area contributed by atoms with Crippen molar-refractivity contribution in [2.75, 3.05) is 49.5 Å². The third-order valence-corrected chi connectivity index (χ3v) is 7.89. The Labute approximate surface area is 179 Å². The second kappa shape index (κ2) is 7.89. The Morgan fingerprint density at radius 3 is 2.34 bits per heavy atom. The van der Waals surface area contributed by atoms with E-state index < -0.39 is 10.0 Å². The largest absolute Gasteiger partial charge is 0.338 e. The van der Waals surface area contributed by atoms with Crippen molar-refractivity contribution in [3.05, 3.63) is 53.0 Å². The predicted molar refractivity (Wildman–Crippen MR) is 119 cm³/mol. The Bertz CT molecular complexity index is 1150. The van der Waals surface area contributed by atoms with Crippen LogP contribution in [-0.4, -0.2) is 63.6 Å². The van der Waals surface area contributed by atoms with E-state index in [1.165, 1.54) is 11.4 Å². The third-order valence-electron chi connectivity index (χ3n) is 5.13. The van der Waals surface area contributed by atoms with Gasteiger partial charge in [-0.2, -0.15) is 4.98 Å². The van der Waals surface area contributed by atoms with Gasteiger partial charge in [0.05, 0.1) is 5.52 Å². The topological polar surface area (TPSA) is 69.6 Å². The highest BCUT2D eigenvalue weighted by atomic mass is 79.9. The van der Waals surface area contributed by atoms with E-state index >= 15 is 0 Å². The van der Waals surface area contributed by atoms with Gasteiger partial charge in [-0.1, -0.05) is 24.3 Å². The van der Waals surface area contributed by atoms with Crippen LogP contribution < -0.4 is 9.21 Å². The van der Waals surface area contributed by atoms with Crippen LogP contribution in [0.4, 0.5) is 11.8 Å². The molecule has 152 valence electrons. The summed E-state index contributed by atoms with van der Waals surface area (Å²) in [6, 6.07) is 14.3. The molecule has 0 saturated carbocycles. The van der Waals surface area contributed by atoms with Crippen LogP contribution in [0.1, 0.15) is 0 Å². The van der Waals surface area contributed by atoms with Crippen LogP contribution in [0.25, 0.3) is 10.9 Å². The number of para-hydroxylation sites is 1. The highest BCUT2D eigenvalue weighted by Crippen LogP contribution is 2.32. The van der Waals surface area contributed by atoms with Gasteiger partial charge in [-0.15, -0.1) is 0 Å². The van der Waals surface area contributed by atoms with Crippen LogP contribution in [-0.2, 0) is 10.0 Å². The average Bonchev–Trinajstić information content (AvgIpc) is 2.73. The molecule has 0 unspecified atom stereocenters. The number of aromatic nitrogens is 2. The maximum atomic E-state index is 13.3. The fourth-order valence-electron chi connectivity index (χ4n) is 3.35. The number of fused-ring (bicyclic) bond motifs is 1. The van der Waals surface area contributed by atoms with Gasteiger partial charge in [0.25, 0.3) is 10.0 Å². The van der Waals surface area contributed by atoms with Gasteiger partial charge in [-0.05, 0) is 47.2 Å². The minimum atomic E-state index is -3.80. The number of hydrogen-bond donors (Lipinski definition) is 0. The molecule has 29 heavy (non-hydrogen) atoms. The van der Waals surface area contributed by atoms with Crippen molar-refractivity contribution in [2.24, 2.45) is 0 Å². The maximum Gasteiger partial charge on any atom is 0.266 e. The molecule has 2 heterocycles. The molecule has 3 aromatic rings. The number of anilines is 2. The highest BCUT2D eigenvalue weighted by Gasteiger charge is 2.27. The summed E-state index contributed by atoms with van der Waals surface area (Å²) >= 11 is 3.35. The molecule has 0 radical (unpaired) electrons. The van der Waals surface area contributed by atoms with E-state index in [1.54, 1.807) is 24.3 Å². The van der Waals surface area contributed by atoms with Gasteiger partial charge in [0.15, 0.2) is 5.82 Å². The predicted octanol–water partition coefficient (Wildman–Crippen LogP) is 2.97. The molecule has 1 aliphatic heterocycles. The lowest BCUT2D eigenvalue weighted by atomic mass is 10.2. The average molecular weight is 476 g/mol. The lowest BCUT2D eigenvalue weighted by Gasteiger charge is -2.33. The number of sulfonamides is 1. The first-order valence-corrected chi connectivity index (χ1v) is 11.5. The second-order valence-corrected chi connectivity index (χ2v) is 9.85. The molecule has 0 spiro atoms. The van der Waals surface area contributed by atoms with E-state index in [2.05, 4.69) is 32.8 Å². The molecule has 0 atom stereocenters. The van der Waals surface area contributed by atoms with Gasteiger partial charge in [-0.3, -0.25) is 4.31 Å². The van der Waals surface area contributed by atoms with Gasteiger partial charge in [0.1, 0.15) is 4.90 Å². The summed E-state index contributed by atoms with van der Waals surface area (Å²) in [5, 5.41) is 0.698. The van der Waals surface area contributed by atoms with Crippen molar-refractivity contribution < 1.29 is 8.42 Å². The van der Waals surface area contributed by atoms with Gasteiger partial charge >= 0.3 is 0 Å². The molecule has 1 aliphatic rings. The fourth-order valence-corrected chi connectivity index (χ4v) is 5.48. The number of benzene rings is 2. The Kier molecular flexibility index (Phi) is 5.46. The molecule has 0 bridgehead atoms. The molecule has 1 saturated heterocycles. The van der Waals surface area contributed by atoms with Crippen LogP contribution in [0, 0.1) is 0 Å². The molecule has 9 heteroatoms. The molecule has 7 nitrogen and oxygen atoms in total. The zero-order valence-corrected chi connectivity index (χ0v) is 18.7. The van der Waals surface area contributed by atoms with E-state index in [0.29, 0.717) is 21.6 Å². The van der Waals surface area contributed by atoms with Gasteiger partial charge < -0.3 is 9.80 Å². The monoisotopic (exact) mass is 475 g/mol. The Balaban J connectivity index is 1.83. The third kappa shape index (κ3) is 3.82. The van der Waals surface area contributed by atoms with Crippen molar-refractivity contribution in [2.45, 2.75) is 4.90 Å². The van der Waals surface area contributed by atoms with Gasteiger partial charge in [0.2, 0.25) is 5.95 Å². The summed E-state index contributed by atoms with van der Waals surface area (Å²) in [7, 11) is -0.177. The second-order valence-electron chi connectivity index (χ2n) is 7.06. The van der Waals surface area contributed by atoms with Gasteiger partial charge in [0, 0.05) is 43.1 Å². The Hall–Kier alpha value is -2.23. The minimum Gasteiger partial charge on any atom is -0.338 e. The quantitative estimate of drug-likeness (QED) is 0.577. The smallest absolute Gasteiger partial charge is 0.266 e. The van der Waals surface area contributed by atoms with E-state index in [0.717, 1.165) is 31.7 Å². The lowest BCUT2D eigenvalue weighted by molar-refractivity contribution is 0.311. The van der Waals surface area contributed by atoms with Crippen molar-refractivity contribution in [3.8, 4) is 0 Å². The van der Waals surface area contributed by atoms with Crippen LogP contribution in [0.5, 0.6) is 0 Å². The zero-order chi connectivity index (χ0) is 20.6. The molecule has 1 aromatic heterocycles. The summed E-state index contributed by atoms with van der Waals surface area (Å²) in [4.78, 5) is 14.0. The van der Waals surface area contributed by atoms with Crippen molar-refractivity contribution >= 4 is 48.6 Å². The fraction of sp³-hybridized carbons (Fsp3) is 0.300. The van der Waals surface area contributed by atoms with E-state index in [1.807, 2.05) is 24.3 Å².